The summed E-state index contributed by atoms with van der Waals surface area (Å²) in [6.07, 6.45) is 4.73. The van der Waals surface area contributed by atoms with E-state index in [4.69, 9.17) is 11.6 Å². The maximum atomic E-state index is 11.3. The van der Waals surface area contributed by atoms with Gasteiger partial charge >= 0.3 is 0 Å². The minimum atomic E-state index is -0.0387. The van der Waals surface area contributed by atoms with E-state index in [9.17, 15) is 4.79 Å². The monoisotopic (exact) mass is 219 g/mol. The van der Waals surface area contributed by atoms with Gasteiger partial charge in [-0.2, -0.15) is 0 Å². The van der Waals surface area contributed by atoms with Crippen LogP contribution in [0.4, 0.5) is 0 Å². The first-order valence-corrected chi connectivity index (χ1v) is 5.81. The van der Waals surface area contributed by atoms with Crippen LogP contribution in [-0.2, 0) is 6.54 Å². The summed E-state index contributed by atoms with van der Waals surface area (Å²) in [6.45, 7) is 2.99. The molecule has 0 N–H and O–H groups in total. The van der Waals surface area contributed by atoms with Crippen molar-refractivity contribution in [2.24, 2.45) is 0 Å². The molecule has 13 heavy (non-hydrogen) atoms. The number of halogens is 1. The summed E-state index contributed by atoms with van der Waals surface area (Å²) < 4.78 is 1.72. The van der Waals surface area contributed by atoms with Crippen molar-refractivity contribution in [3.63, 3.8) is 0 Å². The summed E-state index contributed by atoms with van der Waals surface area (Å²) in [5, 5.41) is 2.05. The van der Waals surface area contributed by atoms with Crippen molar-refractivity contribution in [3.05, 3.63) is 20.8 Å². The minimum absolute atomic E-state index is 0.0387. The zero-order valence-corrected chi connectivity index (χ0v) is 9.33. The van der Waals surface area contributed by atoms with Crippen molar-refractivity contribution in [1.82, 2.24) is 3.96 Å². The summed E-state index contributed by atoms with van der Waals surface area (Å²) in [6, 6.07) is 0. The van der Waals surface area contributed by atoms with E-state index in [0.717, 1.165) is 13.0 Å². The summed E-state index contributed by atoms with van der Waals surface area (Å²) in [5.74, 6) is 0. The molecule has 0 amide bonds. The van der Waals surface area contributed by atoms with Gasteiger partial charge in [0.1, 0.15) is 5.02 Å². The first-order chi connectivity index (χ1) is 6.25. The van der Waals surface area contributed by atoms with E-state index in [1.165, 1.54) is 30.8 Å². The number of nitrogens with zero attached hydrogens (tertiary/aromatic N) is 1. The fourth-order valence-electron chi connectivity index (χ4n) is 1.16. The van der Waals surface area contributed by atoms with Crippen LogP contribution in [-0.4, -0.2) is 3.96 Å². The number of aryl methyl sites for hydroxylation is 1. The van der Waals surface area contributed by atoms with Crippen LogP contribution in [0.1, 0.15) is 32.6 Å². The number of aromatic nitrogens is 1. The van der Waals surface area contributed by atoms with Gasteiger partial charge in [-0.3, -0.25) is 8.75 Å². The van der Waals surface area contributed by atoms with Crippen LogP contribution >= 0.6 is 23.1 Å². The molecule has 1 rings (SSSR count). The molecule has 1 aromatic rings. The lowest BCUT2D eigenvalue weighted by molar-refractivity contribution is 0.599. The molecule has 0 radical (unpaired) electrons. The highest BCUT2D eigenvalue weighted by Crippen LogP contribution is 2.08. The van der Waals surface area contributed by atoms with E-state index < -0.39 is 0 Å². The Morgan fingerprint density at radius 1 is 1.46 bits per heavy atom. The molecule has 0 aliphatic heterocycles. The van der Waals surface area contributed by atoms with Gasteiger partial charge in [-0.05, 0) is 6.42 Å². The summed E-state index contributed by atoms with van der Waals surface area (Å²) >= 11 is 7.05. The van der Waals surface area contributed by atoms with Gasteiger partial charge < -0.3 is 0 Å². The van der Waals surface area contributed by atoms with Gasteiger partial charge in [0.25, 0.3) is 5.56 Å². The van der Waals surface area contributed by atoms with E-state index in [0.29, 0.717) is 5.02 Å². The first kappa shape index (κ1) is 10.8. The molecule has 0 fully saturated rings. The third kappa shape index (κ3) is 3.16. The Balaban J connectivity index is 2.37. The van der Waals surface area contributed by atoms with E-state index in [-0.39, 0.29) is 5.56 Å². The predicted octanol–water partition coefficient (Wildman–Crippen LogP) is 3.14. The third-order valence-corrected chi connectivity index (χ3v) is 3.27. The van der Waals surface area contributed by atoms with Gasteiger partial charge in [-0.1, -0.05) is 49.3 Å². The van der Waals surface area contributed by atoms with Gasteiger partial charge in [-0.25, -0.2) is 0 Å². The van der Waals surface area contributed by atoms with Gasteiger partial charge in [-0.15, -0.1) is 0 Å². The molecule has 1 aromatic heterocycles. The number of unbranched alkanes of at least 4 members (excludes halogenated alkanes) is 3. The SMILES string of the molecule is CCCCCCn1scc(Cl)c1=O. The van der Waals surface area contributed by atoms with E-state index in [2.05, 4.69) is 6.92 Å². The molecule has 0 aliphatic rings. The largest absolute Gasteiger partial charge is 0.279 e. The first-order valence-electron chi connectivity index (χ1n) is 4.60. The van der Waals surface area contributed by atoms with Crippen molar-refractivity contribution < 1.29 is 0 Å². The lowest BCUT2D eigenvalue weighted by Crippen LogP contribution is -2.13. The fraction of sp³-hybridized carbons (Fsp3) is 0.667. The summed E-state index contributed by atoms with van der Waals surface area (Å²) in [7, 11) is 0. The van der Waals surface area contributed by atoms with Crippen molar-refractivity contribution >= 4 is 23.1 Å². The van der Waals surface area contributed by atoms with Crippen LogP contribution < -0.4 is 5.56 Å². The maximum Gasteiger partial charge on any atom is 0.279 e. The molecule has 0 atom stereocenters. The molecule has 0 saturated heterocycles. The van der Waals surface area contributed by atoms with Crippen LogP contribution in [0, 0.1) is 0 Å². The predicted molar refractivity (Wildman–Crippen MR) is 57.7 cm³/mol. The Hall–Kier alpha value is -0.280. The van der Waals surface area contributed by atoms with Crippen molar-refractivity contribution in [3.8, 4) is 0 Å². The summed E-state index contributed by atoms with van der Waals surface area (Å²) in [5.41, 5.74) is -0.0387. The Morgan fingerprint density at radius 2 is 2.23 bits per heavy atom. The average molecular weight is 220 g/mol. The number of rotatable bonds is 5. The van der Waals surface area contributed by atoms with Crippen molar-refractivity contribution in [2.75, 3.05) is 0 Å². The highest BCUT2D eigenvalue weighted by molar-refractivity contribution is 7.04. The molecular formula is C9H14ClNOS. The smallest absolute Gasteiger partial charge is 0.267 e. The second-order valence-electron chi connectivity index (χ2n) is 3.04. The second kappa shape index (κ2) is 5.45. The Morgan fingerprint density at radius 3 is 2.77 bits per heavy atom. The van der Waals surface area contributed by atoms with Crippen molar-refractivity contribution in [1.29, 1.82) is 0 Å². The topological polar surface area (TPSA) is 22.0 Å². The molecule has 0 aromatic carbocycles. The molecule has 1 heterocycles. The quantitative estimate of drug-likeness (QED) is 0.698. The molecule has 0 bridgehead atoms. The van der Waals surface area contributed by atoms with E-state index in [1.54, 1.807) is 9.34 Å². The van der Waals surface area contributed by atoms with Gasteiger partial charge in [0.15, 0.2) is 0 Å². The molecule has 0 saturated carbocycles. The van der Waals surface area contributed by atoms with Crippen LogP contribution in [0.3, 0.4) is 0 Å². The maximum absolute atomic E-state index is 11.3. The van der Waals surface area contributed by atoms with Crippen LogP contribution in [0.5, 0.6) is 0 Å². The van der Waals surface area contributed by atoms with Gasteiger partial charge in [0.2, 0.25) is 0 Å². The van der Waals surface area contributed by atoms with Crippen LogP contribution in [0.2, 0.25) is 5.02 Å². The molecule has 0 spiro atoms. The molecule has 74 valence electrons. The highest BCUT2D eigenvalue weighted by Gasteiger charge is 2.02. The zero-order valence-electron chi connectivity index (χ0n) is 7.75. The molecular weight excluding hydrogens is 206 g/mol. The minimum Gasteiger partial charge on any atom is -0.267 e. The van der Waals surface area contributed by atoms with Crippen LogP contribution in [0.25, 0.3) is 0 Å². The normalized spacial score (nSPS) is 10.6. The van der Waals surface area contributed by atoms with E-state index in [1.807, 2.05) is 0 Å². The molecule has 4 heteroatoms. The Bertz CT molecular complexity index is 305. The summed E-state index contributed by atoms with van der Waals surface area (Å²) in [4.78, 5) is 11.3. The molecule has 2 nitrogen and oxygen atoms in total. The van der Waals surface area contributed by atoms with Crippen molar-refractivity contribution in [2.45, 2.75) is 39.2 Å². The molecule has 0 unspecified atom stereocenters. The lowest BCUT2D eigenvalue weighted by atomic mass is 10.2. The van der Waals surface area contributed by atoms with Gasteiger partial charge in [0.05, 0.1) is 0 Å². The van der Waals surface area contributed by atoms with Gasteiger partial charge in [0, 0.05) is 11.9 Å². The zero-order chi connectivity index (χ0) is 9.68. The number of hydrogen-bond donors (Lipinski definition) is 0. The number of hydrogen-bond acceptors (Lipinski definition) is 2. The van der Waals surface area contributed by atoms with Crippen LogP contribution in [0.15, 0.2) is 10.2 Å². The molecule has 0 aliphatic carbocycles. The average Bonchev–Trinajstić information content (AvgIpc) is 2.43. The van der Waals surface area contributed by atoms with E-state index >= 15 is 0 Å². The Labute approximate surface area is 87.3 Å². The Kier molecular flexibility index (Phi) is 4.53. The lowest BCUT2D eigenvalue weighted by Gasteiger charge is -1.98. The second-order valence-corrected chi connectivity index (χ2v) is 4.33. The standard InChI is InChI=1S/C9H14ClNOS/c1-2-3-4-5-6-11-9(12)8(10)7-13-11/h7H,2-6H2,1H3. The third-order valence-electron chi connectivity index (χ3n) is 1.93. The fourth-order valence-corrected chi connectivity index (χ4v) is 2.18. The highest BCUT2D eigenvalue weighted by atomic mass is 35.5.